The number of nitrogens with two attached hydrogens (primary N) is 1. The molecule has 0 amide bonds. The van der Waals surface area contributed by atoms with Gasteiger partial charge in [-0.1, -0.05) is 41.1 Å². The molecule has 0 aliphatic carbocycles. The summed E-state index contributed by atoms with van der Waals surface area (Å²) in [5.41, 5.74) is 7.60. The molecule has 1 aromatic heterocycles. The van der Waals surface area contributed by atoms with Gasteiger partial charge < -0.3 is 5.73 Å². The second kappa shape index (κ2) is 6.07. The summed E-state index contributed by atoms with van der Waals surface area (Å²) in [6.07, 6.45) is 2.71. The van der Waals surface area contributed by atoms with Crippen molar-refractivity contribution in [2.75, 3.05) is 6.54 Å². The first-order chi connectivity index (χ1) is 8.72. The van der Waals surface area contributed by atoms with Crippen molar-refractivity contribution in [3.8, 4) is 11.3 Å². The Morgan fingerprint density at radius 2 is 2.06 bits per heavy atom. The summed E-state index contributed by atoms with van der Waals surface area (Å²) in [6.45, 7) is 2.76. The monoisotopic (exact) mass is 305 g/mol. The predicted octanol–water partition coefficient (Wildman–Crippen LogP) is 3.36. The molecule has 18 heavy (non-hydrogen) atoms. The Bertz CT molecular complexity index is 528. The van der Waals surface area contributed by atoms with Crippen LogP contribution >= 0.6 is 15.9 Å². The van der Waals surface area contributed by atoms with E-state index in [1.165, 1.54) is 0 Å². The molecule has 1 unspecified atom stereocenters. The second-order valence-corrected chi connectivity index (χ2v) is 5.11. The van der Waals surface area contributed by atoms with E-state index in [0.29, 0.717) is 6.54 Å². The van der Waals surface area contributed by atoms with Crippen molar-refractivity contribution in [3.63, 3.8) is 0 Å². The average molecular weight is 306 g/mol. The van der Waals surface area contributed by atoms with Crippen molar-refractivity contribution in [1.82, 2.24) is 9.97 Å². The lowest BCUT2D eigenvalue weighted by Gasteiger charge is -2.10. The third-order valence-electron chi connectivity index (χ3n) is 2.86. The highest BCUT2D eigenvalue weighted by Gasteiger charge is 2.10. The number of halogens is 1. The number of hydrogen-bond acceptors (Lipinski definition) is 3. The zero-order valence-electron chi connectivity index (χ0n) is 10.3. The molecule has 3 nitrogen and oxygen atoms in total. The van der Waals surface area contributed by atoms with Gasteiger partial charge in [-0.05, 0) is 25.1 Å². The van der Waals surface area contributed by atoms with Gasteiger partial charge in [-0.25, -0.2) is 9.97 Å². The summed E-state index contributed by atoms with van der Waals surface area (Å²) in [6, 6.07) is 9.99. The van der Waals surface area contributed by atoms with Crippen molar-refractivity contribution in [2.45, 2.75) is 19.3 Å². The zero-order valence-corrected chi connectivity index (χ0v) is 11.9. The van der Waals surface area contributed by atoms with E-state index in [-0.39, 0.29) is 5.92 Å². The number of hydrogen-bond donors (Lipinski definition) is 1. The molecule has 94 valence electrons. The Morgan fingerprint density at radius 3 is 2.78 bits per heavy atom. The summed E-state index contributed by atoms with van der Waals surface area (Å²) in [7, 11) is 0. The predicted molar refractivity (Wildman–Crippen MR) is 77.3 cm³/mol. The SMILES string of the molecule is CC(CCN)c1nccc(-c2ccccc2Br)n1. The maximum Gasteiger partial charge on any atom is 0.131 e. The van der Waals surface area contributed by atoms with E-state index in [1.54, 1.807) is 0 Å². The first kappa shape index (κ1) is 13.2. The normalized spacial score (nSPS) is 12.4. The highest BCUT2D eigenvalue weighted by Crippen LogP contribution is 2.27. The minimum absolute atomic E-state index is 0.289. The van der Waals surface area contributed by atoms with Gasteiger partial charge in [-0.15, -0.1) is 0 Å². The molecule has 1 atom stereocenters. The van der Waals surface area contributed by atoms with Crippen molar-refractivity contribution in [3.05, 3.63) is 46.8 Å². The molecule has 0 radical (unpaired) electrons. The van der Waals surface area contributed by atoms with Crippen LogP contribution in [0.4, 0.5) is 0 Å². The van der Waals surface area contributed by atoms with E-state index < -0.39 is 0 Å². The summed E-state index contributed by atoms with van der Waals surface area (Å²) in [5, 5.41) is 0. The van der Waals surface area contributed by atoms with Crippen LogP contribution in [0.3, 0.4) is 0 Å². The topological polar surface area (TPSA) is 51.8 Å². The van der Waals surface area contributed by atoms with E-state index in [0.717, 1.165) is 28.0 Å². The molecule has 0 fully saturated rings. The minimum atomic E-state index is 0.289. The summed E-state index contributed by atoms with van der Waals surface area (Å²) in [5.74, 6) is 1.14. The van der Waals surface area contributed by atoms with Gasteiger partial charge in [-0.3, -0.25) is 0 Å². The lowest BCUT2D eigenvalue weighted by molar-refractivity contribution is 0.647. The lowest BCUT2D eigenvalue weighted by atomic mass is 10.1. The van der Waals surface area contributed by atoms with E-state index in [4.69, 9.17) is 5.73 Å². The zero-order chi connectivity index (χ0) is 13.0. The number of nitrogens with zero attached hydrogens (tertiary/aromatic N) is 2. The third-order valence-corrected chi connectivity index (χ3v) is 3.56. The molecule has 0 spiro atoms. The number of benzene rings is 1. The molecule has 0 aliphatic heterocycles. The fraction of sp³-hybridized carbons (Fsp3) is 0.286. The average Bonchev–Trinajstić information content (AvgIpc) is 2.40. The molecule has 2 rings (SSSR count). The fourth-order valence-corrected chi connectivity index (χ4v) is 2.30. The van der Waals surface area contributed by atoms with Crippen LogP contribution < -0.4 is 5.73 Å². The van der Waals surface area contributed by atoms with Crippen LogP contribution in [0.2, 0.25) is 0 Å². The molecule has 1 aromatic carbocycles. The first-order valence-electron chi connectivity index (χ1n) is 6.00. The largest absolute Gasteiger partial charge is 0.330 e. The second-order valence-electron chi connectivity index (χ2n) is 4.26. The van der Waals surface area contributed by atoms with Crippen molar-refractivity contribution >= 4 is 15.9 Å². The van der Waals surface area contributed by atoms with Crippen LogP contribution in [0.15, 0.2) is 41.0 Å². The lowest BCUT2D eigenvalue weighted by Crippen LogP contribution is -2.08. The van der Waals surface area contributed by atoms with Gasteiger partial charge in [0.25, 0.3) is 0 Å². The van der Waals surface area contributed by atoms with Gasteiger partial charge in [0.1, 0.15) is 5.82 Å². The quantitative estimate of drug-likeness (QED) is 0.942. The Hall–Kier alpha value is -1.26. The van der Waals surface area contributed by atoms with Gasteiger partial charge in [0.05, 0.1) is 5.69 Å². The van der Waals surface area contributed by atoms with Gasteiger partial charge in [0.15, 0.2) is 0 Å². The van der Waals surface area contributed by atoms with Crippen molar-refractivity contribution in [2.24, 2.45) is 5.73 Å². The molecule has 0 bridgehead atoms. The van der Waals surface area contributed by atoms with Crippen molar-refractivity contribution in [1.29, 1.82) is 0 Å². The van der Waals surface area contributed by atoms with Crippen molar-refractivity contribution < 1.29 is 0 Å². The highest BCUT2D eigenvalue weighted by molar-refractivity contribution is 9.10. The maximum atomic E-state index is 5.58. The number of rotatable bonds is 4. The molecule has 0 saturated heterocycles. The molecule has 2 aromatic rings. The standard InChI is InChI=1S/C14H16BrN3/c1-10(6-8-16)14-17-9-7-13(18-14)11-4-2-3-5-12(11)15/h2-5,7,9-10H,6,8,16H2,1H3. The summed E-state index contributed by atoms with van der Waals surface area (Å²) < 4.78 is 1.04. The smallest absolute Gasteiger partial charge is 0.131 e. The number of aromatic nitrogens is 2. The fourth-order valence-electron chi connectivity index (χ4n) is 1.81. The summed E-state index contributed by atoms with van der Waals surface area (Å²) >= 11 is 3.54. The summed E-state index contributed by atoms with van der Waals surface area (Å²) in [4.78, 5) is 8.96. The molecular formula is C14H16BrN3. The van der Waals surface area contributed by atoms with E-state index in [2.05, 4.69) is 32.8 Å². The highest BCUT2D eigenvalue weighted by atomic mass is 79.9. The van der Waals surface area contributed by atoms with Crippen LogP contribution in [-0.4, -0.2) is 16.5 Å². The minimum Gasteiger partial charge on any atom is -0.330 e. The Labute approximate surface area is 116 Å². The van der Waals surface area contributed by atoms with Gasteiger partial charge in [-0.2, -0.15) is 0 Å². The first-order valence-corrected chi connectivity index (χ1v) is 6.79. The Morgan fingerprint density at radius 1 is 1.28 bits per heavy atom. The molecule has 0 saturated carbocycles. The van der Waals surface area contributed by atoms with Gasteiger partial charge in [0, 0.05) is 22.2 Å². The third kappa shape index (κ3) is 2.94. The van der Waals surface area contributed by atoms with E-state index in [1.807, 2.05) is 36.5 Å². The molecule has 1 heterocycles. The molecule has 4 heteroatoms. The molecular weight excluding hydrogens is 290 g/mol. The van der Waals surface area contributed by atoms with Crippen LogP contribution in [0.5, 0.6) is 0 Å². The van der Waals surface area contributed by atoms with Crippen LogP contribution in [0.25, 0.3) is 11.3 Å². The van der Waals surface area contributed by atoms with Crippen LogP contribution in [-0.2, 0) is 0 Å². The Kier molecular flexibility index (Phi) is 4.44. The van der Waals surface area contributed by atoms with Gasteiger partial charge in [0.2, 0.25) is 0 Å². The van der Waals surface area contributed by atoms with Crippen LogP contribution in [0.1, 0.15) is 25.1 Å². The van der Waals surface area contributed by atoms with E-state index >= 15 is 0 Å². The van der Waals surface area contributed by atoms with Gasteiger partial charge >= 0.3 is 0 Å². The van der Waals surface area contributed by atoms with E-state index in [9.17, 15) is 0 Å². The maximum absolute atomic E-state index is 5.58. The Balaban J connectivity index is 2.36. The van der Waals surface area contributed by atoms with Crippen LogP contribution in [0, 0.1) is 0 Å². The molecule has 0 aliphatic rings. The molecule has 2 N–H and O–H groups in total.